The van der Waals surface area contributed by atoms with Crippen LogP contribution in [0.3, 0.4) is 0 Å². The first-order valence-electron chi connectivity index (χ1n) is 4.55. The van der Waals surface area contributed by atoms with Crippen molar-refractivity contribution in [3.05, 3.63) is 0 Å². The van der Waals surface area contributed by atoms with E-state index in [1.165, 1.54) is 12.8 Å². The molecule has 1 atom stereocenters. The molecule has 1 rings (SSSR count). The van der Waals surface area contributed by atoms with Crippen molar-refractivity contribution >= 4 is 0 Å². The molecule has 0 aromatic heterocycles. The van der Waals surface area contributed by atoms with E-state index in [9.17, 15) is 0 Å². The molecule has 12 heavy (non-hydrogen) atoms. The topological polar surface area (TPSA) is 41.5 Å². The second-order valence-electron chi connectivity index (χ2n) is 3.98. The Morgan fingerprint density at radius 2 is 2.25 bits per heavy atom. The van der Waals surface area contributed by atoms with Gasteiger partial charge in [0.2, 0.25) is 0 Å². The van der Waals surface area contributed by atoms with E-state index in [-0.39, 0.29) is 12.1 Å². The number of aliphatic hydroxyl groups excluding tert-OH is 1. The Bertz CT molecular complexity index is 136. The van der Waals surface area contributed by atoms with Crippen LogP contribution in [0, 0.1) is 5.92 Å². The highest BCUT2D eigenvalue weighted by Crippen LogP contribution is 2.28. The predicted molar refractivity (Wildman–Crippen MR) is 48.1 cm³/mol. The van der Waals surface area contributed by atoms with Crippen molar-refractivity contribution in [2.75, 3.05) is 26.9 Å². The van der Waals surface area contributed by atoms with Crippen molar-refractivity contribution in [2.45, 2.75) is 25.3 Å². The maximum atomic E-state index is 9.11. The summed E-state index contributed by atoms with van der Waals surface area (Å²) in [5, 5.41) is 12.4. The molecule has 0 aromatic rings. The zero-order valence-corrected chi connectivity index (χ0v) is 7.97. The molecule has 0 saturated heterocycles. The van der Waals surface area contributed by atoms with Crippen LogP contribution < -0.4 is 5.32 Å². The molecule has 0 aromatic carbocycles. The van der Waals surface area contributed by atoms with Gasteiger partial charge in [-0.25, -0.2) is 0 Å². The summed E-state index contributed by atoms with van der Waals surface area (Å²) in [7, 11) is 1.66. The van der Waals surface area contributed by atoms with Gasteiger partial charge in [0.25, 0.3) is 0 Å². The third kappa shape index (κ3) is 3.09. The molecular weight excluding hydrogens is 154 g/mol. The SMILES string of the molecule is COCC(C)(CO)NCC1CC1. The molecule has 1 aliphatic carbocycles. The maximum absolute atomic E-state index is 9.11. The highest BCUT2D eigenvalue weighted by molar-refractivity contribution is 4.85. The number of nitrogens with one attached hydrogen (secondary N) is 1. The number of hydrogen-bond donors (Lipinski definition) is 2. The zero-order chi connectivity index (χ0) is 9.03. The van der Waals surface area contributed by atoms with E-state index in [1.54, 1.807) is 7.11 Å². The lowest BCUT2D eigenvalue weighted by molar-refractivity contribution is 0.0727. The Morgan fingerprint density at radius 3 is 2.67 bits per heavy atom. The summed E-state index contributed by atoms with van der Waals surface area (Å²) in [6.07, 6.45) is 2.67. The Balaban J connectivity index is 2.20. The summed E-state index contributed by atoms with van der Waals surface area (Å²) in [6.45, 7) is 3.70. The molecule has 0 heterocycles. The Hall–Kier alpha value is -0.120. The summed E-state index contributed by atoms with van der Waals surface area (Å²) < 4.78 is 5.03. The Labute approximate surface area is 74.1 Å². The van der Waals surface area contributed by atoms with E-state index in [0.29, 0.717) is 6.61 Å². The van der Waals surface area contributed by atoms with Crippen LogP contribution in [0.1, 0.15) is 19.8 Å². The first kappa shape index (κ1) is 9.96. The number of hydrogen-bond acceptors (Lipinski definition) is 3. The van der Waals surface area contributed by atoms with Crippen LogP contribution in [0.15, 0.2) is 0 Å². The van der Waals surface area contributed by atoms with Gasteiger partial charge in [0, 0.05) is 7.11 Å². The average Bonchev–Trinajstić information content (AvgIpc) is 2.85. The Kier molecular flexibility index (Phi) is 3.50. The normalized spacial score (nSPS) is 22.2. The van der Waals surface area contributed by atoms with Gasteiger partial charge in [-0.3, -0.25) is 0 Å². The summed E-state index contributed by atoms with van der Waals surface area (Å²) in [5.74, 6) is 0.840. The molecule has 0 bridgehead atoms. The molecular formula is C9H19NO2. The quantitative estimate of drug-likeness (QED) is 0.610. The first-order chi connectivity index (χ1) is 5.70. The summed E-state index contributed by atoms with van der Waals surface area (Å²) in [4.78, 5) is 0. The van der Waals surface area contributed by atoms with E-state index in [2.05, 4.69) is 5.32 Å². The smallest absolute Gasteiger partial charge is 0.0664 e. The first-order valence-corrected chi connectivity index (χ1v) is 4.55. The van der Waals surface area contributed by atoms with Crippen LogP contribution in [0.2, 0.25) is 0 Å². The number of ether oxygens (including phenoxy) is 1. The van der Waals surface area contributed by atoms with Crippen LogP contribution in [0.4, 0.5) is 0 Å². The molecule has 72 valence electrons. The molecule has 2 N–H and O–H groups in total. The van der Waals surface area contributed by atoms with Crippen LogP contribution in [-0.2, 0) is 4.74 Å². The van der Waals surface area contributed by atoms with Gasteiger partial charge in [0.05, 0.1) is 18.8 Å². The molecule has 1 unspecified atom stereocenters. The minimum atomic E-state index is -0.253. The Morgan fingerprint density at radius 1 is 1.58 bits per heavy atom. The predicted octanol–water partition coefficient (Wildman–Crippen LogP) is 0.383. The lowest BCUT2D eigenvalue weighted by atomic mass is 10.1. The zero-order valence-electron chi connectivity index (χ0n) is 7.97. The number of rotatable bonds is 6. The molecule has 1 fully saturated rings. The van der Waals surface area contributed by atoms with Crippen LogP contribution in [0.25, 0.3) is 0 Å². The van der Waals surface area contributed by atoms with E-state index in [0.717, 1.165) is 12.5 Å². The number of aliphatic hydroxyl groups is 1. The highest BCUT2D eigenvalue weighted by Gasteiger charge is 2.27. The summed E-state index contributed by atoms with van der Waals surface area (Å²) >= 11 is 0. The molecule has 1 saturated carbocycles. The van der Waals surface area contributed by atoms with Crippen molar-refractivity contribution in [3.8, 4) is 0 Å². The highest BCUT2D eigenvalue weighted by atomic mass is 16.5. The van der Waals surface area contributed by atoms with Crippen molar-refractivity contribution in [1.29, 1.82) is 0 Å². The second kappa shape index (κ2) is 4.21. The fourth-order valence-corrected chi connectivity index (χ4v) is 1.18. The third-order valence-corrected chi connectivity index (χ3v) is 2.33. The van der Waals surface area contributed by atoms with Crippen molar-refractivity contribution in [3.63, 3.8) is 0 Å². The van der Waals surface area contributed by atoms with Crippen molar-refractivity contribution in [1.82, 2.24) is 5.32 Å². The van der Waals surface area contributed by atoms with Crippen LogP contribution in [0.5, 0.6) is 0 Å². The fourth-order valence-electron chi connectivity index (χ4n) is 1.18. The van der Waals surface area contributed by atoms with Gasteiger partial charge in [0.1, 0.15) is 0 Å². The molecule has 3 heteroatoms. The van der Waals surface area contributed by atoms with Gasteiger partial charge in [0.15, 0.2) is 0 Å². The molecule has 1 aliphatic rings. The minimum Gasteiger partial charge on any atom is -0.394 e. The van der Waals surface area contributed by atoms with Gasteiger partial charge < -0.3 is 15.2 Å². The third-order valence-electron chi connectivity index (χ3n) is 2.33. The van der Waals surface area contributed by atoms with E-state index < -0.39 is 0 Å². The average molecular weight is 173 g/mol. The van der Waals surface area contributed by atoms with Gasteiger partial charge >= 0.3 is 0 Å². The molecule has 3 nitrogen and oxygen atoms in total. The van der Waals surface area contributed by atoms with Gasteiger partial charge in [-0.1, -0.05) is 0 Å². The van der Waals surface area contributed by atoms with E-state index in [1.807, 2.05) is 6.92 Å². The van der Waals surface area contributed by atoms with Crippen molar-refractivity contribution in [2.24, 2.45) is 5.92 Å². The molecule has 0 spiro atoms. The minimum absolute atomic E-state index is 0.132. The second-order valence-corrected chi connectivity index (χ2v) is 3.98. The largest absolute Gasteiger partial charge is 0.394 e. The maximum Gasteiger partial charge on any atom is 0.0664 e. The number of methoxy groups -OCH3 is 1. The van der Waals surface area contributed by atoms with E-state index in [4.69, 9.17) is 9.84 Å². The van der Waals surface area contributed by atoms with Crippen LogP contribution >= 0.6 is 0 Å². The van der Waals surface area contributed by atoms with Crippen molar-refractivity contribution < 1.29 is 9.84 Å². The lowest BCUT2D eigenvalue weighted by Crippen LogP contribution is -2.50. The summed E-state index contributed by atoms with van der Waals surface area (Å²) in [6, 6.07) is 0. The van der Waals surface area contributed by atoms with Gasteiger partial charge in [-0.15, -0.1) is 0 Å². The van der Waals surface area contributed by atoms with Crippen LogP contribution in [-0.4, -0.2) is 37.5 Å². The molecule has 0 radical (unpaired) electrons. The molecule has 0 amide bonds. The molecule has 0 aliphatic heterocycles. The summed E-state index contributed by atoms with van der Waals surface area (Å²) in [5.41, 5.74) is -0.253. The lowest BCUT2D eigenvalue weighted by Gasteiger charge is -2.27. The standard InChI is InChI=1S/C9H19NO2/c1-9(6-11,7-12-2)10-5-8-3-4-8/h8,10-11H,3-7H2,1-2H3. The van der Waals surface area contributed by atoms with Gasteiger partial charge in [-0.05, 0) is 32.2 Å². The van der Waals surface area contributed by atoms with E-state index >= 15 is 0 Å². The van der Waals surface area contributed by atoms with Gasteiger partial charge in [-0.2, -0.15) is 0 Å². The fraction of sp³-hybridized carbons (Fsp3) is 1.00. The monoisotopic (exact) mass is 173 g/mol.